The van der Waals surface area contributed by atoms with Crippen molar-refractivity contribution in [3.8, 4) is 0 Å². The molecular formula is C22H29NO. The third-order valence-corrected chi connectivity index (χ3v) is 4.39. The van der Waals surface area contributed by atoms with Crippen molar-refractivity contribution in [2.75, 3.05) is 6.54 Å². The molecule has 2 rings (SSSR count). The van der Waals surface area contributed by atoms with E-state index < -0.39 is 0 Å². The first kappa shape index (κ1) is 18.3. The van der Waals surface area contributed by atoms with E-state index in [4.69, 9.17) is 0 Å². The van der Waals surface area contributed by atoms with E-state index in [9.17, 15) is 4.79 Å². The van der Waals surface area contributed by atoms with E-state index in [-0.39, 0.29) is 5.78 Å². The molecule has 1 aliphatic rings. The fourth-order valence-corrected chi connectivity index (χ4v) is 3.02. The van der Waals surface area contributed by atoms with Gasteiger partial charge in [0.1, 0.15) is 0 Å². The number of ketones is 1. The van der Waals surface area contributed by atoms with Crippen LogP contribution in [-0.4, -0.2) is 12.3 Å². The van der Waals surface area contributed by atoms with Crippen LogP contribution < -0.4 is 5.32 Å². The average molecular weight is 323 g/mol. The number of hydrogen-bond acceptors (Lipinski definition) is 2. The van der Waals surface area contributed by atoms with Gasteiger partial charge in [0, 0.05) is 24.7 Å². The van der Waals surface area contributed by atoms with Crippen LogP contribution in [-0.2, 0) is 4.79 Å². The van der Waals surface area contributed by atoms with Crippen molar-refractivity contribution in [2.24, 2.45) is 0 Å². The summed E-state index contributed by atoms with van der Waals surface area (Å²) in [7, 11) is 0. The number of carbonyl (C=O) groups excluding carboxylic acids is 1. The van der Waals surface area contributed by atoms with Crippen molar-refractivity contribution in [3.05, 3.63) is 71.0 Å². The molecule has 0 fully saturated rings. The molecule has 1 N–H and O–H groups in total. The Morgan fingerprint density at radius 2 is 1.88 bits per heavy atom. The predicted octanol–water partition coefficient (Wildman–Crippen LogP) is 5.30. The molecular weight excluding hydrogens is 294 g/mol. The minimum atomic E-state index is 0.224. The van der Waals surface area contributed by atoms with E-state index in [0.29, 0.717) is 12.3 Å². The molecule has 2 nitrogen and oxygen atoms in total. The smallest absolute Gasteiger partial charge is 0.158 e. The highest BCUT2D eigenvalue weighted by molar-refractivity contribution is 5.91. The molecule has 0 aromatic heterocycles. The fraction of sp³-hybridized carbons (Fsp3) is 0.409. The SMILES string of the molecule is CC(C)=CCC/C(C)=C\CNC1=CC(=O)CC(c2ccccc2)C1. The number of carbonyl (C=O) groups is 1. The van der Waals surface area contributed by atoms with Gasteiger partial charge < -0.3 is 5.32 Å². The standard InChI is InChI=1S/C22H29NO/c1-17(2)8-7-9-18(3)12-13-23-21-14-20(15-22(24)16-21)19-10-5-4-6-11-19/h4-6,8,10-12,16,20,23H,7,9,13-15H2,1-3H3/b18-12-. The summed E-state index contributed by atoms with van der Waals surface area (Å²) < 4.78 is 0. The summed E-state index contributed by atoms with van der Waals surface area (Å²) in [6, 6.07) is 10.3. The number of nitrogens with one attached hydrogen (secondary N) is 1. The molecule has 0 amide bonds. The molecule has 1 unspecified atom stereocenters. The minimum absolute atomic E-state index is 0.224. The first-order chi connectivity index (χ1) is 11.5. The second-order valence-corrected chi connectivity index (χ2v) is 6.90. The van der Waals surface area contributed by atoms with Gasteiger partial charge in [0.2, 0.25) is 0 Å². The van der Waals surface area contributed by atoms with E-state index in [1.165, 1.54) is 16.7 Å². The molecule has 0 saturated carbocycles. The van der Waals surface area contributed by atoms with E-state index >= 15 is 0 Å². The van der Waals surface area contributed by atoms with Gasteiger partial charge in [-0.25, -0.2) is 0 Å². The zero-order valence-electron chi connectivity index (χ0n) is 15.1. The van der Waals surface area contributed by atoms with Gasteiger partial charge in [0.15, 0.2) is 5.78 Å². The lowest BCUT2D eigenvalue weighted by Gasteiger charge is -2.23. The Labute approximate surface area is 146 Å². The summed E-state index contributed by atoms with van der Waals surface area (Å²) in [5.74, 6) is 0.524. The highest BCUT2D eigenvalue weighted by Crippen LogP contribution is 2.30. The molecule has 1 aliphatic carbocycles. The molecule has 0 spiro atoms. The zero-order chi connectivity index (χ0) is 17.4. The Hall–Kier alpha value is -2.09. The Balaban J connectivity index is 1.86. The maximum atomic E-state index is 12.0. The number of benzene rings is 1. The van der Waals surface area contributed by atoms with Crippen LogP contribution in [0.25, 0.3) is 0 Å². The third kappa shape index (κ3) is 6.19. The van der Waals surface area contributed by atoms with Gasteiger partial charge in [-0.05, 0) is 51.5 Å². The summed E-state index contributed by atoms with van der Waals surface area (Å²) in [6.07, 6.45) is 10.0. The van der Waals surface area contributed by atoms with Crippen molar-refractivity contribution in [1.82, 2.24) is 5.32 Å². The predicted molar refractivity (Wildman–Crippen MR) is 102 cm³/mol. The van der Waals surface area contributed by atoms with Crippen molar-refractivity contribution < 1.29 is 4.79 Å². The molecule has 1 aromatic carbocycles. The minimum Gasteiger partial charge on any atom is -0.385 e. The van der Waals surface area contributed by atoms with Crippen molar-refractivity contribution >= 4 is 5.78 Å². The van der Waals surface area contributed by atoms with Crippen LogP contribution in [0.1, 0.15) is 57.9 Å². The molecule has 0 saturated heterocycles. The van der Waals surface area contributed by atoms with Gasteiger partial charge in [-0.2, -0.15) is 0 Å². The number of allylic oxidation sites excluding steroid dienone is 5. The number of rotatable bonds is 7. The van der Waals surface area contributed by atoms with Gasteiger partial charge in [0.05, 0.1) is 0 Å². The molecule has 0 bridgehead atoms. The quantitative estimate of drug-likeness (QED) is 0.690. The first-order valence-electron chi connectivity index (χ1n) is 8.86. The largest absolute Gasteiger partial charge is 0.385 e. The summed E-state index contributed by atoms with van der Waals surface area (Å²) in [5, 5.41) is 3.43. The van der Waals surface area contributed by atoms with E-state index in [1.807, 2.05) is 18.2 Å². The molecule has 24 heavy (non-hydrogen) atoms. The molecule has 1 aromatic rings. The van der Waals surface area contributed by atoms with E-state index in [1.54, 1.807) is 6.08 Å². The summed E-state index contributed by atoms with van der Waals surface area (Å²) in [5.41, 5.74) is 5.08. The van der Waals surface area contributed by atoms with Gasteiger partial charge in [-0.15, -0.1) is 0 Å². The van der Waals surface area contributed by atoms with Crippen LogP contribution in [0.2, 0.25) is 0 Å². The lowest BCUT2D eigenvalue weighted by Crippen LogP contribution is -2.22. The molecule has 0 aliphatic heterocycles. The van der Waals surface area contributed by atoms with Gasteiger partial charge in [-0.3, -0.25) is 4.79 Å². The lowest BCUT2D eigenvalue weighted by molar-refractivity contribution is -0.115. The summed E-state index contributed by atoms with van der Waals surface area (Å²) in [4.78, 5) is 12.0. The summed E-state index contributed by atoms with van der Waals surface area (Å²) >= 11 is 0. The average Bonchev–Trinajstić information content (AvgIpc) is 2.55. The molecule has 0 heterocycles. The second kappa shape index (κ2) is 9.27. The highest BCUT2D eigenvalue weighted by atomic mass is 16.1. The van der Waals surface area contributed by atoms with Crippen LogP contribution >= 0.6 is 0 Å². The van der Waals surface area contributed by atoms with Crippen LogP contribution in [0, 0.1) is 0 Å². The highest BCUT2D eigenvalue weighted by Gasteiger charge is 2.21. The molecule has 128 valence electrons. The lowest BCUT2D eigenvalue weighted by atomic mass is 9.85. The molecule has 0 radical (unpaired) electrons. The van der Waals surface area contributed by atoms with E-state index in [2.05, 4.69) is 50.4 Å². The van der Waals surface area contributed by atoms with Crippen molar-refractivity contribution in [1.29, 1.82) is 0 Å². The fourth-order valence-electron chi connectivity index (χ4n) is 3.02. The first-order valence-corrected chi connectivity index (χ1v) is 8.86. The Bertz CT molecular complexity index is 633. The van der Waals surface area contributed by atoms with Crippen molar-refractivity contribution in [2.45, 2.75) is 52.4 Å². The van der Waals surface area contributed by atoms with Crippen LogP contribution in [0.15, 0.2) is 65.4 Å². The van der Waals surface area contributed by atoms with E-state index in [0.717, 1.165) is 31.5 Å². The molecule has 1 atom stereocenters. The monoisotopic (exact) mass is 323 g/mol. The maximum absolute atomic E-state index is 12.0. The maximum Gasteiger partial charge on any atom is 0.158 e. The van der Waals surface area contributed by atoms with Crippen LogP contribution in [0.4, 0.5) is 0 Å². The van der Waals surface area contributed by atoms with Crippen LogP contribution in [0.3, 0.4) is 0 Å². The van der Waals surface area contributed by atoms with Crippen LogP contribution in [0.5, 0.6) is 0 Å². The Morgan fingerprint density at radius 3 is 2.58 bits per heavy atom. The summed E-state index contributed by atoms with van der Waals surface area (Å²) in [6.45, 7) is 7.24. The molecule has 2 heteroatoms. The van der Waals surface area contributed by atoms with Gasteiger partial charge >= 0.3 is 0 Å². The topological polar surface area (TPSA) is 29.1 Å². The normalized spacial score (nSPS) is 18.1. The number of hydrogen-bond donors (Lipinski definition) is 1. The van der Waals surface area contributed by atoms with Crippen molar-refractivity contribution in [3.63, 3.8) is 0 Å². The Kier molecular flexibility index (Phi) is 7.05. The zero-order valence-corrected chi connectivity index (χ0v) is 15.1. The van der Waals surface area contributed by atoms with Gasteiger partial charge in [-0.1, -0.05) is 53.6 Å². The second-order valence-electron chi connectivity index (χ2n) is 6.90. The Morgan fingerprint density at radius 1 is 1.12 bits per heavy atom. The van der Waals surface area contributed by atoms with Gasteiger partial charge in [0.25, 0.3) is 0 Å². The third-order valence-electron chi connectivity index (χ3n) is 4.39.